The third-order valence-corrected chi connectivity index (χ3v) is 4.77. The second-order valence-corrected chi connectivity index (χ2v) is 6.67. The van der Waals surface area contributed by atoms with E-state index in [0.717, 1.165) is 25.7 Å². The van der Waals surface area contributed by atoms with Gasteiger partial charge >= 0.3 is 5.51 Å². The van der Waals surface area contributed by atoms with E-state index >= 15 is 0 Å². The molecular formula is C15H20F3N3OS. The molecule has 1 fully saturated rings. The standard InChI is InChI=1S/C15H20F3N3OS/c16-15(17,18)23-14-11(7-4-8-20-14)13(22)21-12(9-19)10-5-2-1-3-6-10/h4,7-8,10,12H,1-3,5-6,9,19H2,(H,21,22). The Morgan fingerprint density at radius 1 is 1.39 bits per heavy atom. The summed E-state index contributed by atoms with van der Waals surface area (Å²) < 4.78 is 37.7. The molecule has 23 heavy (non-hydrogen) atoms. The monoisotopic (exact) mass is 347 g/mol. The molecule has 1 aromatic rings. The molecule has 0 aliphatic heterocycles. The normalized spacial score (nSPS) is 17.7. The van der Waals surface area contributed by atoms with E-state index in [0.29, 0.717) is 0 Å². The molecule has 0 bridgehead atoms. The van der Waals surface area contributed by atoms with Crippen molar-refractivity contribution in [1.82, 2.24) is 10.3 Å². The van der Waals surface area contributed by atoms with Crippen molar-refractivity contribution in [2.75, 3.05) is 6.54 Å². The second-order valence-electron chi connectivity index (χ2n) is 5.62. The van der Waals surface area contributed by atoms with Gasteiger partial charge in [0.2, 0.25) is 0 Å². The first-order chi connectivity index (χ1) is 10.9. The number of pyridine rings is 1. The first kappa shape index (κ1) is 18.1. The van der Waals surface area contributed by atoms with E-state index in [9.17, 15) is 18.0 Å². The molecule has 0 radical (unpaired) electrons. The summed E-state index contributed by atoms with van der Waals surface area (Å²) in [6.45, 7) is 0.276. The number of hydrogen-bond acceptors (Lipinski definition) is 4. The molecule has 1 atom stereocenters. The molecule has 3 N–H and O–H groups in total. The minimum absolute atomic E-state index is 0.0657. The van der Waals surface area contributed by atoms with E-state index < -0.39 is 11.4 Å². The zero-order valence-electron chi connectivity index (χ0n) is 12.6. The third-order valence-electron chi connectivity index (χ3n) is 4.02. The number of carbonyl (C=O) groups excluding carboxylic acids is 1. The van der Waals surface area contributed by atoms with Crippen molar-refractivity contribution >= 4 is 17.7 Å². The first-order valence-electron chi connectivity index (χ1n) is 7.62. The molecule has 8 heteroatoms. The van der Waals surface area contributed by atoms with Gasteiger partial charge in [-0.15, -0.1) is 0 Å². The smallest absolute Gasteiger partial charge is 0.348 e. The van der Waals surface area contributed by atoms with E-state index in [1.54, 1.807) is 0 Å². The molecule has 2 rings (SSSR count). The molecule has 1 unspecified atom stereocenters. The van der Waals surface area contributed by atoms with Gasteiger partial charge in [-0.2, -0.15) is 13.2 Å². The quantitative estimate of drug-likeness (QED) is 0.802. The van der Waals surface area contributed by atoms with Crippen LogP contribution in [0.2, 0.25) is 0 Å². The van der Waals surface area contributed by atoms with Crippen molar-refractivity contribution in [3.63, 3.8) is 0 Å². The summed E-state index contributed by atoms with van der Waals surface area (Å²) in [7, 11) is 0. The largest absolute Gasteiger partial charge is 0.447 e. The van der Waals surface area contributed by atoms with Gasteiger partial charge in [0.05, 0.1) is 5.56 Å². The van der Waals surface area contributed by atoms with Crippen LogP contribution in [-0.2, 0) is 0 Å². The highest BCUT2D eigenvalue weighted by atomic mass is 32.2. The first-order valence-corrected chi connectivity index (χ1v) is 8.44. The lowest BCUT2D eigenvalue weighted by molar-refractivity contribution is -0.0329. The predicted octanol–water partition coefficient (Wildman–Crippen LogP) is 3.33. The van der Waals surface area contributed by atoms with E-state index in [1.165, 1.54) is 24.8 Å². The van der Waals surface area contributed by atoms with Crippen LogP contribution in [0.1, 0.15) is 42.5 Å². The van der Waals surface area contributed by atoms with Crippen molar-refractivity contribution < 1.29 is 18.0 Å². The number of nitrogens with zero attached hydrogens (tertiary/aromatic N) is 1. The number of halogens is 3. The van der Waals surface area contributed by atoms with Crippen molar-refractivity contribution in [1.29, 1.82) is 0 Å². The van der Waals surface area contributed by atoms with Gasteiger partial charge in [0.15, 0.2) is 0 Å². The zero-order chi connectivity index (χ0) is 16.9. The molecule has 4 nitrogen and oxygen atoms in total. The molecule has 1 aromatic heterocycles. The Morgan fingerprint density at radius 3 is 2.70 bits per heavy atom. The Balaban J connectivity index is 2.10. The van der Waals surface area contributed by atoms with Gasteiger partial charge in [0, 0.05) is 30.5 Å². The number of aromatic nitrogens is 1. The Kier molecular flexibility index (Phi) is 6.29. The fraction of sp³-hybridized carbons (Fsp3) is 0.600. The highest BCUT2D eigenvalue weighted by Crippen LogP contribution is 2.37. The van der Waals surface area contributed by atoms with Crippen molar-refractivity contribution in [3.8, 4) is 0 Å². The maximum Gasteiger partial charge on any atom is 0.447 e. The van der Waals surface area contributed by atoms with Crippen LogP contribution in [0.15, 0.2) is 23.4 Å². The minimum Gasteiger partial charge on any atom is -0.348 e. The Hall–Kier alpha value is -1.28. The van der Waals surface area contributed by atoms with Gasteiger partial charge in [-0.3, -0.25) is 4.79 Å². The molecule has 0 aromatic carbocycles. The van der Waals surface area contributed by atoms with E-state index in [1.807, 2.05) is 0 Å². The lowest BCUT2D eigenvalue weighted by atomic mass is 9.84. The summed E-state index contributed by atoms with van der Waals surface area (Å²) in [5, 5.41) is 2.46. The van der Waals surface area contributed by atoms with E-state index in [2.05, 4.69) is 10.3 Å². The highest BCUT2D eigenvalue weighted by molar-refractivity contribution is 8.00. The summed E-state index contributed by atoms with van der Waals surface area (Å²) in [5.41, 5.74) is 1.20. The van der Waals surface area contributed by atoms with Crippen LogP contribution in [0.5, 0.6) is 0 Å². The van der Waals surface area contributed by atoms with E-state index in [4.69, 9.17) is 5.73 Å². The van der Waals surface area contributed by atoms with Crippen LogP contribution >= 0.6 is 11.8 Å². The second kappa shape index (κ2) is 8.01. The van der Waals surface area contributed by atoms with Crippen LogP contribution in [0.25, 0.3) is 0 Å². The van der Waals surface area contributed by atoms with Crippen molar-refractivity contribution in [2.45, 2.75) is 48.7 Å². The van der Waals surface area contributed by atoms with Crippen LogP contribution in [0, 0.1) is 5.92 Å². The van der Waals surface area contributed by atoms with E-state index in [-0.39, 0.29) is 40.9 Å². The Bertz CT molecular complexity index is 533. The van der Waals surface area contributed by atoms with Crippen molar-refractivity contribution in [2.24, 2.45) is 11.7 Å². The highest BCUT2D eigenvalue weighted by Gasteiger charge is 2.33. The number of alkyl halides is 3. The maximum atomic E-state index is 12.6. The third kappa shape index (κ3) is 5.39. The molecular weight excluding hydrogens is 327 g/mol. The number of nitrogens with one attached hydrogen (secondary N) is 1. The number of rotatable bonds is 5. The SMILES string of the molecule is NCC(NC(=O)c1cccnc1SC(F)(F)F)C1CCCCC1. The van der Waals surface area contributed by atoms with Crippen LogP contribution in [0.3, 0.4) is 0 Å². The summed E-state index contributed by atoms with van der Waals surface area (Å²) in [6, 6.07) is 2.59. The summed E-state index contributed by atoms with van der Waals surface area (Å²) in [5.74, 6) is -0.265. The fourth-order valence-electron chi connectivity index (χ4n) is 2.91. The number of thioether (sulfide) groups is 1. The van der Waals surface area contributed by atoms with Gasteiger partial charge in [-0.05, 0) is 30.9 Å². The lowest BCUT2D eigenvalue weighted by Crippen LogP contribution is -2.46. The Labute approximate surface area is 137 Å². The van der Waals surface area contributed by atoms with Crippen LogP contribution < -0.4 is 11.1 Å². The average molecular weight is 347 g/mol. The van der Waals surface area contributed by atoms with Gasteiger partial charge in [0.25, 0.3) is 5.91 Å². The van der Waals surface area contributed by atoms with Gasteiger partial charge < -0.3 is 11.1 Å². The molecule has 0 spiro atoms. The molecule has 1 aliphatic rings. The topological polar surface area (TPSA) is 68.0 Å². The minimum atomic E-state index is -4.49. The predicted molar refractivity (Wildman–Crippen MR) is 83.0 cm³/mol. The zero-order valence-corrected chi connectivity index (χ0v) is 13.4. The number of nitrogens with two attached hydrogens (primary N) is 1. The van der Waals surface area contributed by atoms with Gasteiger partial charge in [0.1, 0.15) is 5.03 Å². The summed E-state index contributed by atoms with van der Waals surface area (Å²) in [4.78, 5) is 16.1. The maximum absolute atomic E-state index is 12.6. The number of carbonyl (C=O) groups is 1. The van der Waals surface area contributed by atoms with Gasteiger partial charge in [-0.1, -0.05) is 19.3 Å². The summed E-state index contributed by atoms with van der Waals surface area (Å²) in [6.07, 6.45) is 6.58. The van der Waals surface area contributed by atoms with Crippen LogP contribution in [-0.4, -0.2) is 29.0 Å². The molecule has 1 aliphatic carbocycles. The van der Waals surface area contributed by atoms with Crippen molar-refractivity contribution in [3.05, 3.63) is 23.9 Å². The Morgan fingerprint density at radius 2 is 2.09 bits per heavy atom. The molecule has 1 saturated carbocycles. The van der Waals surface area contributed by atoms with Gasteiger partial charge in [-0.25, -0.2) is 4.98 Å². The molecule has 0 saturated heterocycles. The average Bonchev–Trinajstić information content (AvgIpc) is 2.52. The number of amides is 1. The summed E-state index contributed by atoms with van der Waals surface area (Å²) >= 11 is -0.377. The fourth-order valence-corrected chi connectivity index (χ4v) is 3.51. The lowest BCUT2D eigenvalue weighted by Gasteiger charge is -2.30. The molecule has 1 amide bonds. The molecule has 1 heterocycles. The molecule has 128 valence electrons. The number of hydrogen-bond donors (Lipinski definition) is 2. The van der Waals surface area contributed by atoms with Crippen LogP contribution in [0.4, 0.5) is 13.2 Å².